The molecule has 3 heteroatoms. The number of para-hydroxylation sites is 1. The summed E-state index contributed by atoms with van der Waals surface area (Å²) in [5.41, 5.74) is 2.94. The zero-order valence-electron chi connectivity index (χ0n) is 11.1. The molecule has 2 unspecified atom stereocenters. The van der Waals surface area contributed by atoms with Crippen LogP contribution in [0.2, 0.25) is 0 Å². The van der Waals surface area contributed by atoms with Gasteiger partial charge in [0.05, 0.1) is 13.2 Å². The van der Waals surface area contributed by atoms with Crippen molar-refractivity contribution in [3.8, 4) is 0 Å². The van der Waals surface area contributed by atoms with Gasteiger partial charge in [-0.05, 0) is 31.5 Å². The Hall–Kier alpha value is -1.06. The summed E-state index contributed by atoms with van der Waals surface area (Å²) in [6, 6.07) is 9.34. The molecule has 0 radical (unpaired) electrons. The second-order valence-electron chi connectivity index (χ2n) is 5.37. The van der Waals surface area contributed by atoms with Gasteiger partial charge < -0.3 is 15.0 Å². The second kappa shape index (κ2) is 5.29. The summed E-state index contributed by atoms with van der Waals surface area (Å²) >= 11 is 0. The first-order chi connectivity index (χ1) is 8.88. The molecule has 2 atom stereocenters. The lowest BCUT2D eigenvalue weighted by Crippen LogP contribution is -2.42. The number of nitrogens with one attached hydrogen (secondary N) is 1. The van der Waals surface area contributed by atoms with Crippen LogP contribution in [0.4, 0.5) is 5.69 Å². The number of aryl methyl sites for hydroxylation is 1. The first-order valence-corrected chi connectivity index (χ1v) is 6.96. The van der Waals surface area contributed by atoms with Crippen molar-refractivity contribution in [2.24, 2.45) is 5.92 Å². The fourth-order valence-corrected chi connectivity index (χ4v) is 3.18. The largest absolute Gasteiger partial charge is 0.379 e. The summed E-state index contributed by atoms with van der Waals surface area (Å²) in [4.78, 5) is 2.54. The number of benzene rings is 1. The zero-order valence-corrected chi connectivity index (χ0v) is 11.1. The maximum absolute atomic E-state index is 5.60. The van der Waals surface area contributed by atoms with Crippen molar-refractivity contribution < 1.29 is 4.74 Å². The van der Waals surface area contributed by atoms with Crippen molar-refractivity contribution >= 4 is 5.69 Å². The van der Waals surface area contributed by atoms with Crippen molar-refractivity contribution in [2.45, 2.75) is 18.9 Å². The van der Waals surface area contributed by atoms with Gasteiger partial charge in [-0.3, -0.25) is 0 Å². The molecule has 2 heterocycles. The number of ether oxygens (including phenoxy) is 1. The van der Waals surface area contributed by atoms with E-state index in [0.29, 0.717) is 12.0 Å². The Balaban J connectivity index is 1.74. The smallest absolute Gasteiger partial charge is 0.0623 e. The van der Waals surface area contributed by atoms with E-state index in [1.807, 2.05) is 7.05 Å². The van der Waals surface area contributed by atoms with E-state index in [-0.39, 0.29) is 0 Å². The van der Waals surface area contributed by atoms with Crippen molar-refractivity contribution in [1.29, 1.82) is 0 Å². The molecule has 1 saturated heterocycles. The minimum Gasteiger partial charge on any atom is -0.379 e. The fraction of sp³-hybridized carbons (Fsp3) is 0.600. The van der Waals surface area contributed by atoms with Crippen LogP contribution in [0.1, 0.15) is 12.0 Å². The quantitative estimate of drug-likeness (QED) is 0.878. The lowest BCUT2D eigenvalue weighted by molar-refractivity contribution is 0.183. The SMILES string of the molecule is CNC1COCC1CN1CCCc2ccccc21. The maximum atomic E-state index is 5.60. The topological polar surface area (TPSA) is 24.5 Å². The van der Waals surface area contributed by atoms with E-state index in [0.717, 1.165) is 19.8 Å². The van der Waals surface area contributed by atoms with Gasteiger partial charge in [-0.15, -0.1) is 0 Å². The summed E-state index contributed by atoms with van der Waals surface area (Å²) in [7, 11) is 2.04. The van der Waals surface area contributed by atoms with Crippen LogP contribution in [0.5, 0.6) is 0 Å². The van der Waals surface area contributed by atoms with Crippen LogP contribution in [0.25, 0.3) is 0 Å². The van der Waals surface area contributed by atoms with E-state index >= 15 is 0 Å². The van der Waals surface area contributed by atoms with Crippen molar-refractivity contribution in [2.75, 3.05) is 38.3 Å². The van der Waals surface area contributed by atoms with Crippen LogP contribution >= 0.6 is 0 Å². The van der Waals surface area contributed by atoms with Gasteiger partial charge in [-0.2, -0.15) is 0 Å². The Morgan fingerprint density at radius 2 is 2.22 bits per heavy atom. The lowest BCUT2D eigenvalue weighted by Gasteiger charge is -2.34. The minimum atomic E-state index is 0.513. The Labute approximate surface area is 109 Å². The molecule has 0 aliphatic carbocycles. The van der Waals surface area contributed by atoms with Crippen LogP contribution in [0, 0.1) is 5.92 Å². The predicted octanol–water partition coefficient (Wildman–Crippen LogP) is 1.67. The molecule has 0 aromatic heterocycles. The zero-order chi connectivity index (χ0) is 12.4. The van der Waals surface area contributed by atoms with E-state index in [1.165, 1.54) is 30.6 Å². The number of hydrogen-bond donors (Lipinski definition) is 1. The molecule has 1 aromatic rings. The molecule has 3 nitrogen and oxygen atoms in total. The molecule has 18 heavy (non-hydrogen) atoms. The number of rotatable bonds is 3. The third-order valence-corrected chi connectivity index (χ3v) is 4.23. The van der Waals surface area contributed by atoms with Crippen molar-refractivity contribution in [3.05, 3.63) is 29.8 Å². The van der Waals surface area contributed by atoms with Crippen molar-refractivity contribution in [3.63, 3.8) is 0 Å². The molecule has 1 fully saturated rings. The summed E-state index contributed by atoms with van der Waals surface area (Å²) in [6.45, 7) is 4.05. The highest BCUT2D eigenvalue weighted by molar-refractivity contribution is 5.55. The van der Waals surface area contributed by atoms with Gasteiger partial charge >= 0.3 is 0 Å². The summed E-state index contributed by atoms with van der Waals surface area (Å²) < 4.78 is 5.60. The first-order valence-electron chi connectivity index (χ1n) is 6.96. The molecule has 0 amide bonds. The van der Waals surface area contributed by atoms with E-state index in [1.54, 1.807) is 0 Å². The highest BCUT2D eigenvalue weighted by atomic mass is 16.5. The fourth-order valence-electron chi connectivity index (χ4n) is 3.18. The van der Waals surface area contributed by atoms with Gasteiger partial charge in [0.15, 0.2) is 0 Å². The molecule has 3 rings (SSSR count). The Morgan fingerprint density at radius 3 is 3.11 bits per heavy atom. The van der Waals surface area contributed by atoms with Gasteiger partial charge in [0, 0.05) is 30.7 Å². The molecule has 2 aliphatic rings. The number of hydrogen-bond acceptors (Lipinski definition) is 3. The molecule has 2 aliphatic heterocycles. The number of nitrogens with zero attached hydrogens (tertiary/aromatic N) is 1. The predicted molar refractivity (Wildman–Crippen MR) is 74.1 cm³/mol. The van der Waals surface area contributed by atoms with Crippen LogP contribution in [-0.4, -0.2) is 39.4 Å². The highest BCUT2D eigenvalue weighted by Crippen LogP contribution is 2.28. The first kappa shape index (κ1) is 12.0. The normalized spacial score (nSPS) is 27.3. The average molecular weight is 246 g/mol. The third-order valence-electron chi connectivity index (χ3n) is 4.23. The molecular formula is C15H22N2O. The molecule has 1 aromatic carbocycles. The van der Waals surface area contributed by atoms with E-state index < -0.39 is 0 Å². The number of anilines is 1. The second-order valence-corrected chi connectivity index (χ2v) is 5.37. The molecule has 0 saturated carbocycles. The summed E-state index contributed by atoms with van der Waals surface area (Å²) in [5, 5.41) is 3.38. The monoisotopic (exact) mass is 246 g/mol. The third kappa shape index (κ3) is 2.25. The van der Waals surface area contributed by atoms with Gasteiger partial charge in [0.2, 0.25) is 0 Å². The lowest BCUT2D eigenvalue weighted by atomic mass is 9.98. The van der Waals surface area contributed by atoms with E-state index in [2.05, 4.69) is 34.5 Å². The maximum Gasteiger partial charge on any atom is 0.0623 e. The summed E-state index contributed by atoms with van der Waals surface area (Å²) in [5.74, 6) is 0.612. The Kier molecular flexibility index (Phi) is 3.52. The van der Waals surface area contributed by atoms with Crippen LogP contribution in [0.3, 0.4) is 0 Å². The standard InChI is InChI=1S/C15H22N2O/c1-16-14-11-18-10-13(14)9-17-8-4-6-12-5-2-3-7-15(12)17/h2-3,5,7,13-14,16H,4,6,8-11H2,1H3. The molecular weight excluding hydrogens is 224 g/mol. The molecule has 0 spiro atoms. The van der Waals surface area contributed by atoms with Gasteiger partial charge in [-0.25, -0.2) is 0 Å². The Morgan fingerprint density at radius 1 is 1.33 bits per heavy atom. The van der Waals surface area contributed by atoms with Gasteiger partial charge in [0.25, 0.3) is 0 Å². The van der Waals surface area contributed by atoms with E-state index in [9.17, 15) is 0 Å². The van der Waals surface area contributed by atoms with Crippen LogP contribution in [-0.2, 0) is 11.2 Å². The van der Waals surface area contributed by atoms with E-state index in [4.69, 9.17) is 4.74 Å². The van der Waals surface area contributed by atoms with Crippen LogP contribution < -0.4 is 10.2 Å². The highest BCUT2D eigenvalue weighted by Gasteiger charge is 2.29. The number of likely N-dealkylation sites (N-methyl/N-ethyl adjacent to an activating group) is 1. The molecule has 1 N–H and O–H groups in total. The van der Waals surface area contributed by atoms with Gasteiger partial charge in [0.1, 0.15) is 0 Å². The minimum absolute atomic E-state index is 0.513. The van der Waals surface area contributed by atoms with Gasteiger partial charge in [-0.1, -0.05) is 18.2 Å². The molecule has 0 bridgehead atoms. The summed E-state index contributed by atoms with van der Waals surface area (Å²) in [6.07, 6.45) is 2.50. The van der Waals surface area contributed by atoms with Crippen LogP contribution in [0.15, 0.2) is 24.3 Å². The van der Waals surface area contributed by atoms with Crippen molar-refractivity contribution in [1.82, 2.24) is 5.32 Å². The molecule has 98 valence electrons. The number of fused-ring (bicyclic) bond motifs is 1. The average Bonchev–Trinajstić information content (AvgIpc) is 2.86. The Bertz CT molecular complexity index is 407.